The Labute approximate surface area is 161 Å². The summed E-state index contributed by atoms with van der Waals surface area (Å²) in [5, 5.41) is 9.60. The summed E-state index contributed by atoms with van der Waals surface area (Å²) in [7, 11) is 0. The molecule has 0 bridgehead atoms. The molecule has 9 heteroatoms. The fourth-order valence-corrected chi connectivity index (χ4v) is 2.96. The molecule has 3 nitrogen and oxygen atoms in total. The van der Waals surface area contributed by atoms with Crippen LogP contribution in [0, 0.1) is 11.3 Å². The molecule has 3 aromatic rings. The van der Waals surface area contributed by atoms with Crippen molar-refractivity contribution >= 4 is 17.1 Å². The molecular formula is C20H13F6N3. The van der Waals surface area contributed by atoms with Crippen LogP contribution < -0.4 is 0 Å². The summed E-state index contributed by atoms with van der Waals surface area (Å²) in [6.07, 6.45) is -5.23. The van der Waals surface area contributed by atoms with E-state index in [2.05, 4.69) is 4.98 Å². The Balaban J connectivity index is 2.13. The van der Waals surface area contributed by atoms with Crippen LogP contribution in [0.3, 0.4) is 0 Å². The largest absolute Gasteiger partial charge is 0.416 e. The standard InChI is InChI=1S/C20H13F6N3/c1-12(9-27)5-14-11-29(18-17(14)3-2-4-28-18)10-13-6-15(19(21,22)23)8-16(7-13)20(24,25)26/h2-8,11H,10H2,1H3/b12-5-. The van der Waals surface area contributed by atoms with E-state index >= 15 is 0 Å². The van der Waals surface area contributed by atoms with Crippen LogP contribution in [0.4, 0.5) is 26.3 Å². The lowest BCUT2D eigenvalue weighted by Gasteiger charge is -2.14. The second-order valence-electron chi connectivity index (χ2n) is 6.44. The molecule has 150 valence electrons. The number of rotatable bonds is 3. The maximum atomic E-state index is 13.1. The number of nitriles is 1. The first-order valence-corrected chi connectivity index (χ1v) is 8.29. The van der Waals surface area contributed by atoms with Gasteiger partial charge in [0.25, 0.3) is 0 Å². The molecule has 0 spiro atoms. The van der Waals surface area contributed by atoms with Gasteiger partial charge >= 0.3 is 12.4 Å². The minimum Gasteiger partial charge on any atom is -0.327 e. The molecule has 0 saturated carbocycles. The molecule has 0 amide bonds. The first-order valence-electron chi connectivity index (χ1n) is 8.29. The summed E-state index contributed by atoms with van der Waals surface area (Å²) in [5.74, 6) is 0. The third-order valence-corrected chi connectivity index (χ3v) is 4.21. The molecule has 0 unspecified atom stereocenters. The molecule has 0 radical (unpaired) electrons. The Kier molecular flexibility index (Phi) is 5.13. The van der Waals surface area contributed by atoms with Crippen LogP contribution in [-0.4, -0.2) is 9.55 Å². The lowest BCUT2D eigenvalue weighted by atomic mass is 10.0. The number of hydrogen-bond acceptors (Lipinski definition) is 2. The van der Waals surface area contributed by atoms with Crippen LogP contribution in [-0.2, 0) is 18.9 Å². The van der Waals surface area contributed by atoms with Gasteiger partial charge < -0.3 is 4.57 Å². The second-order valence-corrected chi connectivity index (χ2v) is 6.44. The van der Waals surface area contributed by atoms with Crippen LogP contribution in [0.5, 0.6) is 0 Å². The van der Waals surface area contributed by atoms with E-state index in [1.165, 1.54) is 10.8 Å². The van der Waals surface area contributed by atoms with Crippen LogP contribution in [0.2, 0.25) is 0 Å². The summed E-state index contributed by atoms with van der Waals surface area (Å²) in [6.45, 7) is 1.34. The highest BCUT2D eigenvalue weighted by Gasteiger charge is 2.36. The van der Waals surface area contributed by atoms with Crippen molar-refractivity contribution in [1.29, 1.82) is 5.26 Å². The molecule has 29 heavy (non-hydrogen) atoms. The predicted octanol–water partition coefficient (Wildman–Crippen LogP) is 6.05. The van der Waals surface area contributed by atoms with Gasteiger partial charge in [-0.05, 0) is 48.9 Å². The van der Waals surface area contributed by atoms with Gasteiger partial charge in [-0.1, -0.05) is 0 Å². The van der Waals surface area contributed by atoms with Gasteiger partial charge in [-0.25, -0.2) is 4.98 Å². The Bertz CT molecular complexity index is 1100. The average Bonchev–Trinajstić information content (AvgIpc) is 2.97. The maximum Gasteiger partial charge on any atom is 0.416 e. The maximum absolute atomic E-state index is 13.1. The van der Waals surface area contributed by atoms with E-state index in [0.29, 0.717) is 34.3 Å². The highest BCUT2D eigenvalue weighted by Crippen LogP contribution is 2.36. The van der Waals surface area contributed by atoms with Gasteiger partial charge in [0.15, 0.2) is 0 Å². The average molecular weight is 409 g/mol. The van der Waals surface area contributed by atoms with E-state index in [9.17, 15) is 26.3 Å². The first-order chi connectivity index (χ1) is 13.5. The smallest absolute Gasteiger partial charge is 0.327 e. The minimum atomic E-state index is -4.91. The molecule has 0 atom stereocenters. The zero-order valence-electron chi connectivity index (χ0n) is 14.9. The van der Waals surface area contributed by atoms with Crippen LogP contribution in [0.25, 0.3) is 17.1 Å². The Morgan fingerprint density at radius 2 is 1.72 bits per heavy atom. The van der Waals surface area contributed by atoms with E-state index in [-0.39, 0.29) is 18.2 Å². The number of benzene rings is 1. The van der Waals surface area contributed by atoms with Gasteiger partial charge in [0.05, 0.1) is 17.2 Å². The molecule has 0 aliphatic heterocycles. The number of fused-ring (bicyclic) bond motifs is 1. The number of alkyl halides is 6. The molecule has 1 aromatic carbocycles. The van der Waals surface area contributed by atoms with Crippen LogP contribution >= 0.6 is 0 Å². The number of allylic oxidation sites excluding steroid dienone is 1. The Hall–Kier alpha value is -3.28. The van der Waals surface area contributed by atoms with Gasteiger partial charge in [0.2, 0.25) is 0 Å². The summed E-state index contributed by atoms with van der Waals surface area (Å²) in [6, 6.07) is 6.81. The molecule has 0 aliphatic rings. The Morgan fingerprint density at radius 3 is 2.28 bits per heavy atom. The van der Waals surface area contributed by atoms with Crippen molar-refractivity contribution in [3.63, 3.8) is 0 Å². The van der Waals surface area contributed by atoms with Gasteiger partial charge in [0, 0.05) is 35.5 Å². The number of nitrogens with zero attached hydrogens (tertiary/aromatic N) is 3. The van der Waals surface area contributed by atoms with E-state index < -0.39 is 23.5 Å². The lowest BCUT2D eigenvalue weighted by Crippen LogP contribution is -2.12. The monoisotopic (exact) mass is 409 g/mol. The highest BCUT2D eigenvalue weighted by atomic mass is 19.4. The highest BCUT2D eigenvalue weighted by molar-refractivity contribution is 5.87. The van der Waals surface area contributed by atoms with E-state index in [1.807, 2.05) is 6.07 Å². The molecule has 0 fully saturated rings. The van der Waals surface area contributed by atoms with Crippen molar-refractivity contribution in [2.75, 3.05) is 0 Å². The number of halogens is 6. The molecule has 0 N–H and O–H groups in total. The Morgan fingerprint density at radius 1 is 1.10 bits per heavy atom. The number of hydrogen-bond donors (Lipinski definition) is 0. The summed E-state index contributed by atoms with van der Waals surface area (Å²) >= 11 is 0. The van der Waals surface area contributed by atoms with Gasteiger partial charge in [-0.2, -0.15) is 31.6 Å². The SMILES string of the molecule is C/C(C#N)=C/c1cn(Cc2cc(C(F)(F)F)cc(C(F)(F)F)c2)c2ncccc12. The van der Waals surface area contributed by atoms with Crippen molar-refractivity contribution < 1.29 is 26.3 Å². The molecule has 2 heterocycles. The van der Waals surface area contributed by atoms with Gasteiger partial charge in [0.1, 0.15) is 5.65 Å². The van der Waals surface area contributed by atoms with Gasteiger partial charge in [-0.3, -0.25) is 0 Å². The quantitative estimate of drug-likeness (QED) is 0.390. The van der Waals surface area contributed by atoms with Crippen molar-refractivity contribution in [3.8, 4) is 6.07 Å². The van der Waals surface area contributed by atoms with E-state index in [4.69, 9.17) is 5.26 Å². The lowest BCUT2D eigenvalue weighted by molar-refractivity contribution is -0.143. The summed E-state index contributed by atoms with van der Waals surface area (Å²) in [5.41, 5.74) is -1.53. The first kappa shape index (κ1) is 20.5. The third kappa shape index (κ3) is 4.42. The topological polar surface area (TPSA) is 41.6 Å². The zero-order chi connectivity index (χ0) is 21.4. The fraction of sp³-hybridized carbons (Fsp3) is 0.200. The van der Waals surface area contributed by atoms with Crippen LogP contribution in [0.15, 0.2) is 48.3 Å². The predicted molar refractivity (Wildman–Crippen MR) is 94.5 cm³/mol. The molecular weight excluding hydrogens is 396 g/mol. The number of pyridine rings is 1. The summed E-state index contributed by atoms with van der Waals surface area (Å²) in [4.78, 5) is 4.18. The number of aromatic nitrogens is 2. The summed E-state index contributed by atoms with van der Waals surface area (Å²) < 4.78 is 80.0. The molecule has 0 aliphatic carbocycles. The second kappa shape index (κ2) is 7.28. The fourth-order valence-electron chi connectivity index (χ4n) is 2.96. The minimum absolute atomic E-state index is 0.0972. The van der Waals surface area contributed by atoms with Crippen molar-refractivity contribution in [1.82, 2.24) is 9.55 Å². The van der Waals surface area contributed by atoms with E-state index in [1.54, 1.807) is 31.3 Å². The zero-order valence-corrected chi connectivity index (χ0v) is 14.9. The molecule has 3 rings (SSSR count). The van der Waals surface area contributed by atoms with Crippen molar-refractivity contribution in [2.24, 2.45) is 0 Å². The van der Waals surface area contributed by atoms with Gasteiger partial charge in [-0.15, -0.1) is 0 Å². The van der Waals surface area contributed by atoms with E-state index in [0.717, 1.165) is 0 Å². The molecule has 2 aromatic heterocycles. The molecule has 0 saturated heterocycles. The van der Waals surface area contributed by atoms with Crippen molar-refractivity contribution in [3.05, 3.63) is 70.6 Å². The third-order valence-electron chi connectivity index (χ3n) is 4.21. The van der Waals surface area contributed by atoms with Crippen molar-refractivity contribution in [2.45, 2.75) is 25.8 Å². The normalized spacial score (nSPS) is 13.0. The van der Waals surface area contributed by atoms with Crippen LogP contribution in [0.1, 0.15) is 29.2 Å².